The van der Waals surface area contributed by atoms with Crippen LogP contribution in [0.4, 0.5) is 5.00 Å². The van der Waals surface area contributed by atoms with Crippen LogP contribution >= 0.6 is 22.7 Å². The Labute approximate surface area is 179 Å². The van der Waals surface area contributed by atoms with Gasteiger partial charge in [0.05, 0.1) is 11.1 Å². The largest absolute Gasteiger partial charge is 0.348 e. The van der Waals surface area contributed by atoms with E-state index in [9.17, 15) is 9.59 Å². The van der Waals surface area contributed by atoms with Crippen molar-refractivity contribution in [2.24, 2.45) is 0 Å². The fourth-order valence-corrected chi connectivity index (χ4v) is 5.27. The van der Waals surface area contributed by atoms with Crippen LogP contribution in [0.2, 0.25) is 0 Å². The van der Waals surface area contributed by atoms with Crippen LogP contribution in [0.5, 0.6) is 0 Å². The van der Waals surface area contributed by atoms with Crippen LogP contribution in [0.3, 0.4) is 0 Å². The smallest absolute Gasteiger partial charge is 0.257 e. The molecule has 0 atom stereocenters. The molecular formula is C22H25N3O2S2. The lowest BCUT2D eigenvalue weighted by atomic mass is 10.1. The van der Waals surface area contributed by atoms with Gasteiger partial charge in [-0.15, -0.1) is 22.7 Å². The number of nitrogens with zero attached hydrogens (tertiary/aromatic N) is 1. The molecule has 0 aliphatic heterocycles. The van der Waals surface area contributed by atoms with Crippen molar-refractivity contribution in [3.05, 3.63) is 68.0 Å². The molecule has 0 aliphatic rings. The summed E-state index contributed by atoms with van der Waals surface area (Å²) in [7, 11) is 0. The van der Waals surface area contributed by atoms with E-state index < -0.39 is 0 Å². The first-order valence-corrected chi connectivity index (χ1v) is 11.4. The SMILES string of the molecule is CCCc1cc(C(=O)Nc2sc(C)c(CC)c2C(=O)NCc2cccnc2)cs1. The van der Waals surface area contributed by atoms with Crippen molar-refractivity contribution in [3.8, 4) is 0 Å². The molecule has 7 heteroatoms. The summed E-state index contributed by atoms with van der Waals surface area (Å²) in [6, 6.07) is 5.69. The molecule has 2 N–H and O–H groups in total. The summed E-state index contributed by atoms with van der Waals surface area (Å²) in [5, 5.41) is 8.41. The highest BCUT2D eigenvalue weighted by Crippen LogP contribution is 2.34. The molecule has 0 radical (unpaired) electrons. The predicted octanol–water partition coefficient (Wildman–Crippen LogP) is 5.21. The maximum atomic E-state index is 13.0. The first-order valence-electron chi connectivity index (χ1n) is 9.71. The van der Waals surface area contributed by atoms with E-state index in [1.54, 1.807) is 23.7 Å². The summed E-state index contributed by atoms with van der Waals surface area (Å²) in [5.74, 6) is -0.351. The van der Waals surface area contributed by atoms with Crippen molar-refractivity contribution >= 4 is 39.5 Å². The lowest BCUT2D eigenvalue weighted by Crippen LogP contribution is -2.25. The maximum absolute atomic E-state index is 13.0. The number of amides is 2. The number of thiophene rings is 2. The topological polar surface area (TPSA) is 71.1 Å². The number of hydrogen-bond donors (Lipinski definition) is 2. The zero-order chi connectivity index (χ0) is 20.8. The summed E-state index contributed by atoms with van der Waals surface area (Å²) in [5.41, 5.74) is 3.12. The molecule has 5 nitrogen and oxygen atoms in total. The molecule has 0 unspecified atom stereocenters. The van der Waals surface area contributed by atoms with Gasteiger partial charge in [-0.2, -0.15) is 0 Å². The third-order valence-electron chi connectivity index (χ3n) is 4.60. The standard InChI is InChI=1S/C22H25N3O2S2/c1-4-7-17-10-16(13-28-17)20(26)25-22-19(18(5-2)14(3)29-22)21(27)24-12-15-8-6-9-23-11-15/h6,8-11,13H,4-5,7,12H2,1-3H3,(H,24,27)(H,25,26). The first-order chi connectivity index (χ1) is 14.0. The van der Waals surface area contributed by atoms with Gasteiger partial charge in [-0.25, -0.2) is 0 Å². The predicted molar refractivity (Wildman–Crippen MR) is 120 cm³/mol. The van der Waals surface area contributed by atoms with E-state index in [1.165, 1.54) is 16.2 Å². The average Bonchev–Trinajstić information content (AvgIpc) is 3.31. The van der Waals surface area contributed by atoms with E-state index in [0.717, 1.165) is 35.3 Å². The van der Waals surface area contributed by atoms with Crippen molar-refractivity contribution in [1.82, 2.24) is 10.3 Å². The summed E-state index contributed by atoms with van der Waals surface area (Å²) in [6.07, 6.45) is 6.18. The molecule has 3 rings (SSSR count). The first kappa shape index (κ1) is 21.2. The van der Waals surface area contributed by atoms with E-state index >= 15 is 0 Å². The highest BCUT2D eigenvalue weighted by molar-refractivity contribution is 7.17. The molecule has 0 spiro atoms. The second-order valence-electron chi connectivity index (χ2n) is 6.74. The summed E-state index contributed by atoms with van der Waals surface area (Å²) in [6.45, 7) is 6.52. The second-order valence-corrected chi connectivity index (χ2v) is 8.96. The van der Waals surface area contributed by atoms with Gasteiger partial charge in [0.2, 0.25) is 0 Å². The van der Waals surface area contributed by atoms with Crippen LogP contribution in [0, 0.1) is 6.92 Å². The molecule has 29 heavy (non-hydrogen) atoms. The number of rotatable bonds is 8. The van der Waals surface area contributed by atoms with Crippen LogP contribution < -0.4 is 10.6 Å². The van der Waals surface area contributed by atoms with Gasteiger partial charge in [-0.3, -0.25) is 14.6 Å². The van der Waals surface area contributed by atoms with Crippen LogP contribution in [-0.4, -0.2) is 16.8 Å². The molecule has 2 amide bonds. The highest BCUT2D eigenvalue weighted by atomic mass is 32.1. The van der Waals surface area contributed by atoms with Crippen molar-refractivity contribution < 1.29 is 9.59 Å². The van der Waals surface area contributed by atoms with Gasteiger partial charge in [0.15, 0.2) is 0 Å². The van der Waals surface area contributed by atoms with Crippen LogP contribution in [-0.2, 0) is 19.4 Å². The van der Waals surface area contributed by atoms with E-state index in [2.05, 4.69) is 22.5 Å². The Morgan fingerprint density at radius 2 is 2.03 bits per heavy atom. The number of carbonyl (C=O) groups is 2. The Morgan fingerprint density at radius 3 is 2.72 bits per heavy atom. The molecule has 3 heterocycles. The quantitative estimate of drug-likeness (QED) is 0.518. The molecule has 0 aromatic carbocycles. The molecule has 0 aliphatic carbocycles. The van der Waals surface area contributed by atoms with Crippen LogP contribution in [0.25, 0.3) is 0 Å². The normalized spacial score (nSPS) is 10.7. The van der Waals surface area contributed by atoms with Gasteiger partial charge >= 0.3 is 0 Å². The average molecular weight is 428 g/mol. The Kier molecular flexibility index (Phi) is 7.17. The molecule has 152 valence electrons. The van der Waals surface area contributed by atoms with Crippen molar-refractivity contribution in [2.45, 2.75) is 46.6 Å². The van der Waals surface area contributed by atoms with Gasteiger partial charge in [0.1, 0.15) is 5.00 Å². The lowest BCUT2D eigenvalue weighted by molar-refractivity contribution is 0.0951. The minimum Gasteiger partial charge on any atom is -0.348 e. The number of pyridine rings is 1. The van der Waals surface area contributed by atoms with Gasteiger partial charge in [0, 0.05) is 34.1 Å². The Hall–Kier alpha value is -2.51. The monoisotopic (exact) mass is 427 g/mol. The molecule has 0 fully saturated rings. The van der Waals surface area contributed by atoms with Gasteiger partial charge in [-0.05, 0) is 43.0 Å². The summed E-state index contributed by atoms with van der Waals surface area (Å²) < 4.78 is 0. The molecule has 3 aromatic heterocycles. The van der Waals surface area contributed by atoms with E-state index in [-0.39, 0.29) is 11.8 Å². The molecule has 0 bridgehead atoms. The number of hydrogen-bond acceptors (Lipinski definition) is 5. The van der Waals surface area contributed by atoms with Gasteiger partial charge in [0.25, 0.3) is 11.8 Å². The van der Waals surface area contributed by atoms with Crippen LogP contribution in [0.15, 0.2) is 36.0 Å². The Bertz CT molecular complexity index is 993. The summed E-state index contributed by atoms with van der Waals surface area (Å²) >= 11 is 3.05. The lowest BCUT2D eigenvalue weighted by Gasteiger charge is -2.09. The number of aryl methyl sites for hydroxylation is 2. The third kappa shape index (κ3) is 5.10. The highest BCUT2D eigenvalue weighted by Gasteiger charge is 2.23. The van der Waals surface area contributed by atoms with Crippen molar-refractivity contribution in [2.75, 3.05) is 5.32 Å². The second kappa shape index (κ2) is 9.80. The zero-order valence-electron chi connectivity index (χ0n) is 16.9. The Morgan fingerprint density at radius 1 is 1.21 bits per heavy atom. The molecule has 0 saturated carbocycles. The molecule has 3 aromatic rings. The third-order valence-corrected chi connectivity index (χ3v) is 6.66. The van der Waals surface area contributed by atoms with Crippen molar-refractivity contribution in [3.63, 3.8) is 0 Å². The fraction of sp³-hybridized carbons (Fsp3) is 0.318. The van der Waals surface area contributed by atoms with Crippen LogP contribution in [0.1, 0.15) is 61.9 Å². The van der Waals surface area contributed by atoms with E-state index in [0.29, 0.717) is 22.7 Å². The number of nitrogens with one attached hydrogen (secondary N) is 2. The summed E-state index contributed by atoms with van der Waals surface area (Å²) in [4.78, 5) is 32.0. The fourth-order valence-electron chi connectivity index (χ4n) is 3.16. The molecule has 0 saturated heterocycles. The maximum Gasteiger partial charge on any atom is 0.257 e. The van der Waals surface area contributed by atoms with E-state index in [1.807, 2.05) is 37.4 Å². The number of anilines is 1. The number of carbonyl (C=O) groups excluding carboxylic acids is 2. The zero-order valence-corrected chi connectivity index (χ0v) is 18.5. The number of aromatic nitrogens is 1. The van der Waals surface area contributed by atoms with Crippen molar-refractivity contribution in [1.29, 1.82) is 0 Å². The minimum absolute atomic E-state index is 0.172. The Balaban J connectivity index is 1.79. The van der Waals surface area contributed by atoms with E-state index in [4.69, 9.17) is 0 Å². The van der Waals surface area contributed by atoms with Gasteiger partial charge in [-0.1, -0.05) is 26.3 Å². The minimum atomic E-state index is -0.178. The molecular weight excluding hydrogens is 402 g/mol. The van der Waals surface area contributed by atoms with Gasteiger partial charge < -0.3 is 10.6 Å².